The van der Waals surface area contributed by atoms with Crippen LogP contribution in [-0.4, -0.2) is 113 Å². The van der Waals surface area contributed by atoms with Gasteiger partial charge in [-0.25, -0.2) is 19.2 Å². The number of aryl methyl sites for hydroxylation is 1. The molecule has 9 rings (SSSR count). The molecule has 5 atom stereocenters. The zero-order valence-corrected chi connectivity index (χ0v) is 37.1. The molecule has 2 aliphatic carbocycles. The molecule has 6 bridgehead atoms. The molecule has 5 aliphatic rings. The summed E-state index contributed by atoms with van der Waals surface area (Å²) in [4.78, 5) is 56.4. The third-order valence-electron chi connectivity index (χ3n) is 13.5. The Bertz CT molecular complexity index is 2340. The summed E-state index contributed by atoms with van der Waals surface area (Å²) in [5.41, 5.74) is 10.4. The van der Waals surface area contributed by atoms with E-state index in [1.807, 2.05) is 18.5 Å². The molecule has 62 heavy (non-hydrogen) atoms. The number of alkyl halides is 2. The Morgan fingerprint density at radius 3 is 2.61 bits per heavy atom. The Morgan fingerprint density at radius 2 is 1.90 bits per heavy atom. The van der Waals surface area contributed by atoms with Gasteiger partial charge in [0.2, 0.25) is 12.3 Å². The third-order valence-corrected chi connectivity index (χ3v) is 14.3. The number of amides is 2. The quantitative estimate of drug-likeness (QED) is 0.183. The van der Waals surface area contributed by atoms with E-state index in [9.17, 15) is 23.2 Å². The van der Waals surface area contributed by atoms with Crippen molar-refractivity contribution in [1.29, 1.82) is 0 Å². The number of cyclic esters (lactones) is 1. The Morgan fingerprint density at radius 1 is 1.11 bits per heavy atom. The number of ether oxygens (including phenoxy) is 2. The molecule has 0 unspecified atom stereocenters. The number of hydrogen-bond donors (Lipinski definition) is 2. The second-order valence-electron chi connectivity index (χ2n) is 18.6. The standard InChI is InChI=1S/C46H58F2N8O5S/c1-6-55-38-12-9-27-18-30(38)34(41(55)33-19-29(23-49-40(33)26(2)60-5)54-16-14-53(15-17-54)28-10-11-28)22-46(3,4)25-61-45(59)35-8-7-13-56(52-35)44(58)36(21-39-50-37(27)24-62-39)51-43(57)32-20-31(32)42(47)48/h9,12,18-19,23-24,26,28,31-32,35-36,42,52H,6-8,10-11,13-17,20-22,25H2,1-5H3,(H,51,57)/t26-,31-,32-,35-,36-/m0/s1. The first-order chi connectivity index (χ1) is 29.8. The number of pyridine rings is 1. The van der Waals surface area contributed by atoms with Crippen LogP contribution >= 0.6 is 11.3 Å². The van der Waals surface area contributed by atoms with Gasteiger partial charge in [-0.15, -0.1) is 11.3 Å². The molecule has 6 heterocycles. The summed E-state index contributed by atoms with van der Waals surface area (Å²) in [6.07, 6.45) is 3.42. The number of hydrazine groups is 1. The first-order valence-electron chi connectivity index (χ1n) is 22.3. The monoisotopic (exact) mass is 872 g/mol. The highest BCUT2D eigenvalue weighted by atomic mass is 32.1. The van der Waals surface area contributed by atoms with Crippen molar-refractivity contribution in [3.05, 3.63) is 52.1 Å². The Hall–Kier alpha value is -4.51. The summed E-state index contributed by atoms with van der Waals surface area (Å²) in [6.45, 7) is 13.5. The number of thiazole rings is 1. The van der Waals surface area contributed by atoms with Crippen LogP contribution in [0.15, 0.2) is 35.8 Å². The fourth-order valence-electron chi connectivity index (χ4n) is 9.63. The number of benzene rings is 1. The number of aromatic nitrogens is 3. The Kier molecular flexibility index (Phi) is 11.9. The number of nitrogens with zero attached hydrogens (tertiary/aromatic N) is 6. The van der Waals surface area contributed by atoms with Gasteiger partial charge in [0.05, 0.1) is 46.7 Å². The minimum Gasteiger partial charge on any atom is -0.464 e. The summed E-state index contributed by atoms with van der Waals surface area (Å²) < 4.78 is 41.4. The van der Waals surface area contributed by atoms with Gasteiger partial charge in [-0.3, -0.25) is 29.3 Å². The topological polar surface area (TPSA) is 134 Å². The Labute approximate surface area is 365 Å². The Balaban J connectivity index is 1.14. The van der Waals surface area contributed by atoms with E-state index >= 15 is 0 Å². The van der Waals surface area contributed by atoms with Crippen molar-refractivity contribution in [2.24, 2.45) is 17.3 Å². The van der Waals surface area contributed by atoms with E-state index in [-0.39, 0.29) is 25.6 Å². The first-order valence-corrected chi connectivity index (χ1v) is 23.1. The zero-order chi connectivity index (χ0) is 43.4. The van der Waals surface area contributed by atoms with Gasteiger partial charge in [0, 0.05) is 104 Å². The van der Waals surface area contributed by atoms with Crippen molar-refractivity contribution in [1.82, 2.24) is 35.2 Å². The van der Waals surface area contributed by atoms with Crippen LogP contribution in [0.25, 0.3) is 33.4 Å². The van der Waals surface area contributed by atoms with E-state index in [1.54, 1.807) is 7.11 Å². The molecule has 2 saturated carbocycles. The maximum Gasteiger partial charge on any atom is 0.324 e. The fourth-order valence-corrected chi connectivity index (χ4v) is 10.5. The molecular weight excluding hydrogens is 815 g/mol. The molecule has 16 heteroatoms. The number of carbonyl (C=O) groups excluding carboxylic acids is 3. The molecular formula is C46H58F2N8O5S. The summed E-state index contributed by atoms with van der Waals surface area (Å²) in [6, 6.07) is 7.56. The lowest BCUT2D eigenvalue weighted by atomic mass is 9.84. The molecule has 0 radical (unpaired) electrons. The molecule has 0 spiro atoms. The second kappa shape index (κ2) is 17.2. The summed E-state index contributed by atoms with van der Waals surface area (Å²) in [7, 11) is 1.71. The van der Waals surface area contributed by atoms with Gasteiger partial charge in [0.15, 0.2) is 0 Å². The molecule has 2 amide bonds. The van der Waals surface area contributed by atoms with Crippen molar-refractivity contribution in [2.45, 2.75) is 110 Å². The lowest BCUT2D eigenvalue weighted by molar-refractivity contribution is -0.155. The fraction of sp³-hybridized carbons (Fsp3) is 0.587. The van der Waals surface area contributed by atoms with Crippen LogP contribution in [0.4, 0.5) is 14.5 Å². The average Bonchev–Trinajstić information content (AvgIpc) is 4.22. The number of nitrogens with one attached hydrogen (secondary N) is 2. The molecule has 4 fully saturated rings. The van der Waals surface area contributed by atoms with Gasteiger partial charge < -0.3 is 24.3 Å². The number of fused-ring (bicyclic) bond motifs is 6. The number of piperazine rings is 1. The maximum absolute atomic E-state index is 14.1. The van der Waals surface area contributed by atoms with Gasteiger partial charge in [-0.1, -0.05) is 19.9 Å². The lowest BCUT2D eigenvalue weighted by Gasteiger charge is -2.36. The zero-order valence-electron chi connectivity index (χ0n) is 36.3. The van der Waals surface area contributed by atoms with E-state index in [0.717, 1.165) is 82.6 Å². The number of esters is 1. The third kappa shape index (κ3) is 8.59. The van der Waals surface area contributed by atoms with Gasteiger partial charge in [0.1, 0.15) is 12.1 Å². The molecule has 332 valence electrons. The highest BCUT2D eigenvalue weighted by molar-refractivity contribution is 7.10. The second-order valence-corrected chi connectivity index (χ2v) is 19.5. The van der Waals surface area contributed by atoms with Crippen LogP contribution in [0, 0.1) is 17.3 Å². The minimum absolute atomic E-state index is 0.0616. The molecule has 3 aromatic heterocycles. The highest BCUT2D eigenvalue weighted by Gasteiger charge is 2.50. The maximum atomic E-state index is 14.1. The number of hydrogen-bond acceptors (Lipinski definition) is 11. The largest absolute Gasteiger partial charge is 0.464 e. The number of carbonyl (C=O) groups is 3. The van der Waals surface area contributed by atoms with Crippen LogP contribution in [-0.2, 0) is 43.2 Å². The van der Waals surface area contributed by atoms with Crippen LogP contribution < -0.4 is 15.6 Å². The predicted molar refractivity (Wildman–Crippen MR) is 234 cm³/mol. The van der Waals surface area contributed by atoms with Gasteiger partial charge in [-0.05, 0) is 76.1 Å². The van der Waals surface area contributed by atoms with Crippen molar-refractivity contribution in [2.75, 3.05) is 51.3 Å². The van der Waals surface area contributed by atoms with Gasteiger partial charge >= 0.3 is 5.97 Å². The molecule has 4 aromatic rings. The van der Waals surface area contributed by atoms with Crippen LogP contribution in [0.2, 0.25) is 0 Å². The molecule has 1 aromatic carbocycles. The van der Waals surface area contributed by atoms with Crippen molar-refractivity contribution in [3.8, 4) is 22.5 Å². The number of methoxy groups -OCH3 is 1. The van der Waals surface area contributed by atoms with Gasteiger partial charge in [0.25, 0.3) is 5.91 Å². The molecule has 2 saturated heterocycles. The number of rotatable bonds is 9. The number of halogens is 2. The van der Waals surface area contributed by atoms with E-state index in [0.29, 0.717) is 37.4 Å². The van der Waals surface area contributed by atoms with Crippen LogP contribution in [0.1, 0.15) is 82.2 Å². The SMILES string of the molecule is CCn1c(-c2cc(N3CCN(C4CC4)CC3)cnc2[C@H](C)OC)c2c3cc(ccc31)-c1csc(n1)C[C@H](NC(=O)[C@H]1C[C@@H]1C(F)F)C(=O)N1CCC[C@H](N1)C(=O)OCC(C)(C)C2. The number of anilines is 1. The van der Waals surface area contributed by atoms with E-state index < -0.39 is 53.5 Å². The van der Waals surface area contributed by atoms with Crippen LogP contribution in [0.3, 0.4) is 0 Å². The normalized spacial score (nSPS) is 25.2. The van der Waals surface area contributed by atoms with Crippen molar-refractivity contribution < 1.29 is 32.6 Å². The van der Waals surface area contributed by atoms with Crippen LogP contribution in [0.5, 0.6) is 0 Å². The van der Waals surface area contributed by atoms with E-state index in [4.69, 9.17) is 19.4 Å². The summed E-state index contributed by atoms with van der Waals surface area (Å²) in [5, 5.41) is 7.78. The summed E-state index contributed by atoms with van der Waals surface area (Å²) in [5.74, 6) is -3.36. The first kappa shape index (κ1) is 42.8. The van der Waals surface area contributed by atoms with Gasteiger partial charge in [-0.2, -0.15) is 0 Å². The lowest BCUT2D eigenvalue weighted by Crippen LogP contribution is -2.60. The van der Waals surface area contributed by atoms with Crippen molar-refractivity contribution in [3.63, 3.8) is 0 Å². The predicted octanol–water partition coefficient (Wildman–Crippen LogP) is 6.39. The molecule has 2 N–H and O–H groups in total. The minimum atomic E-state index is -2.60. The smallest absolute Gasteiger partial charge is 0.324 e. The molecule has 13 nitrogen and oxygen atoms in total. The average molecular weight is 873 g/mol. The summed E-state index contributed by atoms with van der Waals surface area (Å²) >= 11 is 1.38. The van der Waals surface area contributed by atoms with E-state index in [2.05, 4.69) is 70.1 Å². The van der Waals surface area contributed by atoms with E-state index in [1.165, 1.54) is 29.2 Å². The highest BCUT2D eigenvalue weighted by Crippen LogP contribution is 2.45. The molecule has 3 aliphatic heterocycles. The van der Waals surface area contributed by atoms with Crippen molar-refractivity contribution >= 4 is 45.7 Å².